The van der Waals surface area contributed by atoms with Crippen molar-refractivity contribution in [2.45, 2.75) is 72.1 Å². The molecule has 0 spiro atoms. The summed E-state index contributed by atoms with van der Waals surface area (Å²) in [5.74, 6) is -1.56. The van der Waals surface area contributed by atoms with Crippen LogP contribution in [-0.4, -0.2) is 29.0 Å². The molecule has 1 saturated carbocycles. The Morgan fingerprint density at radius 2 is 1.86 bits per heavy atom. The van der Waals surface area contributed by atoms with Crippen molar-refractivity contribution in [3.63, 3.8) is 0 Å². The van der Waals surface area contributed by atoms with E-state index in [0.717, 1.165) is 32.1 Å². The first kappa shape index (κ1) is 22.3. The van der Waals surface area contributed by atoms with Gasteiger partial charge in [-0.05, 0) is 50.2 Å². The number of ketones is 2. The van der Waals surface area contributed by atoms with Crippen LogP contribution in [0.3, 0.4) is 0 Å². The van der Waals surface area contributed by atoms with Crippen LogP contribution in [0.2, 0.25) is 0 Å². The zero-order valence-corrected chi connectivity index (χ0v) is 17.5. The Bertz CT molecular complexity index is 670. The molecule has 0 bridgehead atoms. The van der Waals surface area contributed by atoms with Crippen LogP contribution in [0.25, 0.3) is 0 Å². The van der Waals surface area contributed by atoms with Gasteiger partial charge in [0.25, 0.3) is 0 Å². The number of unbranched alkanes of at least 4 members (excludes halogenated alkanes) is 1. The fraction of sp³-hybridized carbons (Fsp3) is 0.652. The molecule has 0 radical (unpaired) electrons. The van der Waals surface area contributed by atoms with Gasteiger partial charge in [-0.1, -0.05) is 39.7 Å². The van der Waals surface area contributed by atoms with Crippen LogP contribution in [0.5, 0.6) is 0 Å². The number of hydrogen-bond acceptors (Lipinski definition) is 4. The lowest BCUT2D eigenvalue weighted by Crippen LogP contribution is -2.44. The molecule has 2 rings (SSSR count). The number of nitrogens with one attached hydrogen (secondary N) is 1. The molecule has 1 N–H and O–H groups in total. The van der Waals surface area contributed by atoms with E-state index >= 15 is 0 Å². The molecule has 1 aromatic rings. The van der Waals surface area contributed by atoms with Crippen molar-refractivity contribution < 1.29 is 14.4 Å². The Balaban J connectivity index is 1.84. The molecule has 1 fully saturated rings. The van der Waals surface area contributed by atoms with E-state index in [9.17, 15) is 14.4 Å². The number of amides is 1. The van der Waals surface area contributed by atoms with Crippen molar-refractivity contribution >= 4 is 17.5 Å². The third-order valence-corrected chi connectivity index (χ3v) is 6.08. The molecule has 5 heteroatoms. The molecule has 1 amide bonds. The van der Waals surface area contributed by atoms with Crippen LogP contribution in [0.4, 0.5) is 0 Å². The number of hydrogen-bond donors (Lipinski definition) is 1. The molecule has 0 aliphatic heterocycles. The van der Waals surface area contributed by atoms with E-state index in [1.54, 1.807) is 6.20 Å². The van der Waals surface area contributed by atoms with E-state index in [4.69, 9.17) is 0 Å². The van der Waals surface area contributed by atoms with Crippen molar-refractivity contribution in [2.24, 2.45) is 17.3 Å². The maximum Gasteiger partial charge on any atom is 0.223 e. The van der Waals surface area contributed by atoms with Crippen molar-refractivity contribution in [1.29, 1.82) is 0 Å². The van der Waals surface area contributed by atoms with Gasteiger partial charge in [-0.25, -0.2) is 0 Å². The maximum atomic E-state index is 12.8. The lowest BCUT2D eigenvalue weighted by molar-refractivity contribution is -0.147. The van der Waals surface area contributed by atoms with E-state index in [2.05, 4.69) is 16.4 Å². The molecular formula is C23H34N2O3. The summed E-state index contributed by atoms with van der Waals surface area (Å²) in [4.78, 5) is 42.2. The molecular weight excluding hydrogens is 352 g/mol. The van der Waals surface area contributed by atoms with Crippen molar-refractivity contribution in [3.05, 3.63) is 30.1 Å². The van der Waals surface area contributed by atoms with Gasteiger partial charge >= 0.3 is 0 Å². The molecule has 1 aliphatic carbocycles. The van der Waals surface area contributed by atoms with Gasteiger partial charge in [0.2, 0.25) is 17.5 Å². The van der Waals surface area contributed by atoms with E-state index in [0.29, 0.717) is 25.8 Å². The second-order valence-electron chi connectivity index (χ2n) is 8.54. The molecule has 0 saturated heterocycles. The molecule has 154 valence electrons. The van der Waals surface area contributed by atoms with Crippen LogP contribution >= 0.6 is 0 Å². The minimum absolute atomic E-state index is 0.0680. The summed E-state index contributed by atoms with van der Waals surface area (Å²) >= 11 is 0. The highest BCUT2D eigenvalue weighted by Crippen LogP contribution is 2.34. The quantitative estimate of drug-likeness (QED) is 0.489. The van der Waals surface area contributed by atoms with E-state index in [1.165, 1.54) is 5.56 Å². The van der Waals surface area contributed by atoms with E-state index in [1.807, 2.05) is 33.0 Å². The van der Waals surface area contributed by atoms with Crippen molar-refractivity contribution in [2.75, 3.05) is 6.54 Å². The fourth-order valence-electron chi connectivity index (χ4n) is 3.76. The highest BCUT2D eigenvalue weighted by atomic mass is 16.2. The van der Waals surface area contributed by atoms with Gasteiger partial charge in [0, 0.05) is 36.2 Å². The molecule has 28 heavy (non-hydrogen) atoms. The summed E-state index contributed by atoms with van der Waals surface area (Å²) in [6, 6.07) is 3.98. The summed E-state index contributed by atoms with van der Waals surface area (Å²) in [5.41, 5.74) is 0.547. The lowest BCUT2D eigenvalue weighted by atomic mass is 9.71. The van der Waals surface area contributed by atoms with Gasteiger partial charge in [-0.3, -0.25) is 19.4 Å². The minimum Gasteiger partial charge on any atom is -0.356 e. The SMILES string of the molecule is CCC(C)(C)C(=O)C(=O)C1CCCC[C@H]1C(=O)NCCCCc1cccnc1. The molecule has 1 aliphatic rings. The van der Waals surface area contributed by atoms with Crippen molar-refractivity contribution in [3.8, 4) is 0 Å². The molecule has 1 aromatic heterocycles. The Morgan fingerprint density at radius 1 is 1.14 bits per heavy atom. The minimum atomic E-state index is -0.651. The second kappa shape index (κ2) is 10.5. The third kappa shape index (κ3) is 5.98. The van der Waals surface area contributed by atoms with Crippen LogP contribution in [-0.2, 0) is 20.8 Å². The largest absolute Gasteiger partial charge is 0.356 e. The summed E-state index contributed by atoms with van der Waals surface area (Å²) in [7, 11) is 0. The first-order valence-electron chi connectivity index (χ1n) is 10.6. The van der Waals surface area contributed by atoms with Crippen LogP contribution in [0, 0.1) is 17.3 Å². The predicted molar refractivity (Wildman–Crippen MR) is 110 cm³/mol. The molecule has 0 aromatic carbocycles. The first-order valence-corrected chi connectivity index (χ1v) is 10.6. The number of carbonyl (C=O) groups is 3. The fourth-order valence-corrected chi connectivity index (χ4v) is 3.76. The number of Topliss-reactive ketones (excluding diaryl/α,β-unsaturated/α-hetero) is 2. The molecule has 1 unspecified atom stereocenters. The highest BCUT2D eigenvalue weighted by Gasteiger charge is 2.41. The number of rotatable bonds is 10. The first-order chi connectivity index (χ1) is 13.4. The molecule has 2 atom stereocenters. The van der Waals surface area contributed by atoms with Crippen LogP contribution < -0.4 is 5.32 Å². The van der Waals surface area contributed by atoms with Gasteiger partial charge < -0.3 is 5.32 Å². The average Bonchev–Trinajstić information content (AvgIpc) is 2.73. The number of aryl methyl sites for hydroxylation is 1. The van der Waals surface area contributed by atoms with Crippen molar-refractivity contribution in [1.82, 2.24) is 10.3 Å². The van der Waals surface area contributed by atoms with Gasteiger partial charge in [0.15, 0.2) is 0 Å². The number of pyridine rings is 1. The van der Waals surface area contributed by atoms with E-state index < -0.39 is 11.3 Å². The van der Waals surface area contributed by atoms with E-state index in [-0.39, 0.29) is 23.4 Å². The Hall–Kier alpha value is -2.04. The summed E-state index contributed by atoms with van der Waals surface area (Å²) < 4.78 is 0. The second-order valence-corrected chi connectivity index (χ2v) is 8.54. The molecule has 5 nitrogen and oxygen atoms in total. The van der Waals surface area contributed by atoms with Crippen LogP contribution in [0.1, 0.15) is 71.3 Å². The summed E-state index contributed by atoms with van der Waals surface area (Å²) in [5, 5.41) is 3.00. The Kier molecular flexibility index (Phi) is 8.34. The summed E-state index contributed by atoms with van der Waals surface area (Å²) in [6.45, 7) is 6.15. The van der Waals surface area contributed by atoms with Gasteiger partial charge in [-0.2, -0.15) is 0 Å². The normalized spacial score (nSPS) is 19.8. The summed E-state index contributed by atoms with van der Waals surface area (Å²) in [6.07, 6.45) is 10.2. The number of carbonyl (C=O) groups excluding carboxylic acids is 3. The average molecular weight is 387 g/mol. The lowest BCUT2D eigenvalue weighted by Gasteiger charge is -2.31. The predicted octanol–water partition coefficient (Wildman–Crippen LogP) is 3.90. The Labute approximate surface area is 168 Å². The topological polar surface area (TPSA) is 76.1 Å². The monoisotopic (exact) mass is 386 g/mol. The zero-order chi connectivity index (χ0) is 20.6. The highest BCUT2D eigenvalue weighted by molar-refractivity contribution is 6.40. The smallest absolute Gasteiger partial charge is 0.223 e. The van der Waals surface area contributed by atoms with Gasteiger partial charge in [-0.15, -0.1) is 0 Å². The third-order valence-electron chi connectivity index (χ3n) is 6.08. The van der Waals surface area contributed by atoms with Crippen LogP contribution in [0.15, 0.2) is 24.5 Å². The number of aromatic nitrogens is 1. The number of nitrogens with zero attached hydrogens (tertiary/aromatic N) is 1. The molecule has 1 heterocycles. The zero-order valence-electron chi connectivity index (χ0n) is 17.5. The van der Waals surface area contributed by atoms with Gasteiger partial charge in [0.05, 0.1) is 0 Å². The standard InChI is InChI=1S/C23H34N2O3/c1-4-23(2,3)21(27)20(26)18-12-5-6-13-19(18)22(28)25-15-8-7-10-17-11-9-14-24-16-17/h9,11,14,16,18-19H,4-8,10,12-13,15H2,1-3H3,(H,25,28)/t18?,19-/m1/s1. The van der Waals surface area contributed by atoms with Gasteiger partial charge in [0.1, 0.15) is 0 Å². The maximum absolute atomic E-state index is 12.8. The Morgan fingerprint density at radius 3 is 2.50 bits per heavy atom.